The minimum absolute atomic E-state index is 0.329. The van der Waals surface area contributed by atoms with Crippen molar-refractivity contribution >= 4 is 22.4 Å². The van der Waals surface area contributed by atoms with Crippen molar-refractivity contribution in [1.29, 1.82) is 0 Å². The van der Waals surface area contributed by atoms with Crippen LogP contribution in [0.1, 0.15) is 35.0 Å². The number of rotatable bonds is 2. The molecule has 4 heteroatoms. The van der Waals surface area contributed by atoms with Crippen molar-refractivity contribution in [2.45, 2.75) is 26.2 Å². The van der Waals surface area contributed by atoms with Crippen LogP contribution in [0.15, 0.2) is 30.6 Å². The Balaban J connectivity index is 2.11. The summed E-state index contributed by atoms with van der Waals surface area (Å²) in [5.41, 5.74) is 5.11. The van der Waals surface area contributed by atoms with Crippen molar-refractivity contribution in [3.8, 4) is 0 Å². The number of esters is 1. The Morgan fingerprint density at radius 3 is 2.95 bits per heavy atom. The molecule has 0 atom stereocenters. The van der Waals surface area contributed by atoms with Crippen molar-refractivity contribution in [2.24, 2.45) is 0 Å². The summed E-state index contributed by atoms with van der Waals surface area (Å²) in [6.45, 7) is 2.18. The van der Waals surface area contributed by atoms with Gasteiger partial charge in [-0.1, -0.05) is 18.2 Å². The monoisotopic (exact) mass is 280 g/mol. The van der Waals surface area contributed by atoms with Crippen molar-refractivity contribution in [3.05, 3.63) is 47.4 Å². The molecule has 0 aliphatic heterocycles. The maximum absolute atomic E-state index is 12.2. The third-order valence-corrected chi connectivity index (χ3v) is 4.23. The topological polar surface area (TPSA) is 43.6 Å². The van der Waals surface area contributed by atoms with Gasteiger partial charge in [0, 0.05) is 5.39 Å². The average molecular weight is 280 g/mol. The molecule has 0 saturated carbocycles. The molecule has 0 saturated heterocycles. The van der Waals surface area contributed by atoms with Crippen molar-refractivity contribution in [2.75, 3.05) is 6.61 Å². The number of hydrogen-bond acceptors (Lipinski definition) is 3. The molecule has 4 nitrogen and oxygen atoms in total. The lowest BCUT2D eigenvalue weighted by atomic mass is 10.0. The quantitative estimate of drug-likeness (QED) is 0.677. The molecule has 0 fully saturated rings. The fraction of sp³-hybridized carbons (Fsp3) is 0.294. The number of nitrogens with zero attached hydrogens (tertiary/aromatic N) is 2. The van der Waals surface area contributed by atoms with Crippen LogP contribution in [0.4, 0.5) is 0 Å². The van der Waals surface area contributed by atoms with E-state index in [1.165, 1.54) is 16.5 Å². The number of carbonyl (C=O) groups is 1. The number of para-hydroxylation sites is 1. The van der Waals surface area contributed by atoms with Gasteiger partial charge in [0.05, 0.1) is 17.6 Å². The molecular formula is C17H16N2O2. The molecule has 0 bridgehead atoms. The van der Waals surface area contributed by atoms with Gasteiger partial charge in [0.15, 0.2) is 5.69 Å². The number of imidazole rings is 1. The van der Waals surface area contributed by atoms with Crippen LogP contribution < -0.4 is 0 Å². The average Bonchev–Trinajstić information content (AvgIpc) is 3.14. The zero-order valence-electron chi connectivity index (χ0n) is 11.9. The Labute approximate surface area is 122 Å². The van der Waals surface area contributed by atoms with Gasteiger partial charge in [0.2, 0.25) is 0 Å². The van der Waals surface area contributed by atoms with E-state index in [-0.39, 0.29) is 5.97 Å². The highest BCUT2D eigenvalue weighted by Gasteiger charge is 2.24. The summed E-state index contributed by atoms with van der Waals surface area (Å²) in [5, 5.41) is 1.27. The molecule has 0 spiro atoms. The molecule has 0 N–H and O–H groups in total. The predicted octanol–water partition coefficient (Wildman–Crippen LogP) is 3.15. The number of benzene rings is 1. The van der Waals surface area contributed by atoms with Crippen LogP contribution in [0.5, 0.6) is 0 Å². The van der Waals surface area contributed by atoms with E-state index in [0.29, 0.717) is 12.3 Å². The summed E-state index contributed by atoms with van der Waals surface area (Å²) < 4.78 is 7.18. The largest absolute Gasteiger partial charge is 0.461 e. The Morgan fingerprint density at radius 2 is 2.10 bits per heavy atom. The second-order valence-electron chi connectivity index (χ2n) is 5.36. The Hall–Kier alpha value is -2.36. The zero-order chi connectivity index (χ0) is 14.4. The molecule has 1 aromatic carbocycles. The van der Waals surface area contributed by atoms with Gasteiger partial charge in [-0.3, -0.25) is 4.40 Å². The number of fused-ring (bicyclic) bond motifs is 6. The number of carbonyl (C=O) groups excluding carboxylic acids is 1. The van der Waals surface area contributed by atoms with E-state index in [4.69, 9.17) is 4.74 Å². The minimum atomic E-state index is -0.329. The van der Waals surface area contributed by atoms with Gasteiger partial charge in [-0.15, -0.1) is 0 Å². The SMILES string of the molecule is CCOC(=O)c1ncn2c1c1c(c3ccccc32)CCC1. The molecule has 3 aromatic rings. The van der Waals surface area contributed by atoms with Gasteiger partial charge in [-0.25, -0.2) is 9.78 Å². The van der Waals surface area contributed by atoms with Gasteiger partial charge in [-0.2, -0.15) is 0 Å². The number of aryl methyl sites for hydroxylation is 2. The Morgan fingerprint density at radius 1 is 1.29 bits per heavy atom. The number of ether oxygens (including phenoxy) is 1. The highest BCUT2D eigenvalue weighted by atomic mass is 16.5. The van der Waals surface area contributed by atoms with Crippen molar-refractivity contribution < 1.29 is 9.53 Å². The molecule has 106 valence electrons. The van der Waals surface area contributed by atoms with Gasteiger partial charge in [0.25, 0.3) is 0 Å². The number of hydrogen-bond donors (Lipinski definition) is 0. The first-order chi connectivity index (χ1) is 10.3. The number of aromatic nitrogens is 2. The molecule has 1 aliphatic rings. The van der Waals surface area contributed by atoms with E-state index >= 15 is 0 Å². The second-order valence-corrected chi connectivity index (χ2v) is 5.36. The smallest absolute Gasteiger partial charge is 0.359 e. The maximum atomic E-state index is 12.2. The highest BCUT2D eigenvalue weighted by Crippen LogP contribution is 2.34. The first-order valence-corrected chi connectivity index (χ1v) is 7.38. The maximum Gasteiger partial charge on any atom is 0.359 e. The normalized spacial score (nSPS) is 13.8. The lowest BCUT2D eigenvalue weighted by Crippen LogP contribution is -2.07. The highest BCUT2D eigenvalue weighted by molar-refractivity contribution is 6.00. The summed E-state index contributed by atoms with van der Waals surface area (Å²) in [6.07, 6.45) is 4.94. The summed E-state index contributed by atoms with van der Waals surface area (Å²) in [5.74, 6) is -0.329. The standard InChI is InChI=1S/C17H16N2O2/c1-2-21-17(20)15-16-13-8-5-7-11(13)12-6-3-4-9-14(12)19(16)10-18-15/h3-4,6,9-10H,2,5,7-8H2,1H3. The van der Waals surface area contributed by atoms with Gasteiger partial charge in [-0.05, 0) is 43.4 Å². The van der Waals surface area contributed by atoms with Crippen LogP contribution in [0.25, 0.3) is 16.4 Å². The molecule has 0 amide bonds. The molecule has 2 heterocycles. The molecular weight excluding hydrogens is 264 g/mol. The summed E-state index contributed by atoms with van der Waals surface area (Å²) >= 11 is 0. The van der Waals surface area contributed by atoms with Crippen LogP contribution in [0, 0.1) is 0 Å². The third-order valence-electron chi connectivity index (χ3n) is 4.23. The van der Waals surface area contributed by atoms with Crippen LogP contribution in [-0.2, 0) is 17.6 Å². The van der Waals surface area contributed by atoms with E-state index in [1.54, 1.807) is 6.33 Å². The predicted molar refractivity (Wildman–Crippen MR) is 80.7 cm³/mol. The van der Waals surface area contributed by atoms with E-state index < -0.39 is 0 Å². The van der Waals surface area contributed by atoms with Gasteiger partial charge >= 0.3 is 5.97 Å². The number of pyridine rings is 1. The molecule has 1 aliphatic carbocycles. The Bertz CT molecular complexity index is 864. The molecule has 0 radical (unpaired) electrons. The summed E-state index contributed by atoms with van der Waals surface area (Å²) in [7, 11) is 0. The summed E-state index contributed by atoms with van der Waals surface area (Å²) in [6, 6.07) is 8.32. The molecule has 0 unspecified atom stereocenters. The molecule has 21 heavy (non-hydrogen) atoms. The van der Waals surface area contributed by atoms with Crippen molar-refractivity contribution in [1.82, 2.24) is 9.38 Å². The fourth-order valence-electron chi connectivity index (χ4n) is 3.41. The van der Waals surface area contributed by atoms with E-state index in [1.807, 2.05) is 17.4 Å². The minimum Gasteiger partial charge on any atom is -0.461 e. The Kier molecular flexibility index (Phi) is 2.70. The van der Waals surface area contributed by atoms with E-state index in [9.17, 15) is 4.79 Å². The van der Waals surface area contributed by atoms with Crippen LogP contribution in [0.2, 0.25) is 0 Å². The van der Waals surface area contributed by atoms with E-state index in [2.05, 4.69) is 23.2 Å². The second kappa shape index (κ2) is 4.58. The van der Waals surface area contributed by atoms with Crippen LogP contribution >= 0.6 is 0 Å². The molecule has 4 rings (SSSR count). The lowest BCUT2D eigenvalue weighted by Gasteiger charge is -2.10. The van der Waals surface area contributed by atoms with Crippen molar-refractivity contribution in [3.63, 3.8) is 0 Å². The molecule has 2 aromatic heterocycles. The van der Waals surface area contributed by atoms with Gasteiger partial charge < -0.3 is 4.74 Å². The van der Waals surface area contributed by atoms with Crippen LogP contribution in [0.3, 0.4) is 0 Å². The fourth-order valence-corrected chi connectivity index (χ4v) is 3.41. The summed E-state index contributed by atoms with van der Waals surface area (Å²) in [4.78, 5) is 16.5. The van der Waals surface area contributed by atoms with Gasteiger partial charge in [0.1, 0.15) is 6.33 Å². The van der Waals surface area contributed by atoms with E-state index in [0.717, 1.165) is 30.3 Å². The third kappa shape index (κ3) is 1.68. The zero-order valence-corrected chi connectivity index (χ0v) is 11.9. The first kappa shape index (κ1) is 12.4. The van der Waals surface area contributed by atoms with Crippen LogP contribution in [-0.4, -0.2) is 22.0 Å². The lowest BCUT2D eigenvalue weighted by molar-refractivity contribution is 0.0522. The first-order valence-electron chi connectivity index (χ1n) is 7.38.